The first-order valence-electron chi connectivity index (χ1n) is 12.8. The molecule has 10 heteroatoms. The van der Waals surface area contributed by atoms with Gasteiger partial charge in [-0.2, -0.15) is 13.7 Å². The second-order valence-corrected chi connectivity index (χ2v) is 11.5. The van der Waals surface area contributed by atoms with E-state index in [1.807, 2.05) is 25.1 Å². The maximum absolute atomic E-state index is 14.1. The van der Waals surface area contributed by atoms with Crippen LogP contribution in [0, 0.1) is 11.3 Å². The summed E-state index contributed by atoms with van der Waals surface area (Å²) >= 11 is 0. The Bertz CT molecular complexity index is 2000. The number of likely N-dealkylation sites (tertiary alicyclic amines) is 1. The van der Waals surface area contributed by atoms with Gasteiger partial charge in [0.1, 0.15) is 10.5 Å². The number of pyridine rings is 2. The van der Waals surface area contributed by atoms with E-state index in [0.717, 1.165) is 54.1 Å². The summed E-state index contributed by atoms with van der Waals surface area (Å²) in [5.74, 6) is 0. The molecule has 3 aromatic heterocycles. The summed E-state index contributed by atoms with van der Waals surface area (Å²) in [4.78, 5) is 23.3. The van der Waals surface area contributed by atoms with Crippen LogP contribution in [0.15, 0.2) is 58.5 Å². The molecule has 8 nitrogen and oxygen atoms in total. The number of fused-ring (bicyclic) bond motifs is 4. The van der Waals surface area contributed by atoms with Gasteiger partial charge in [-0.25, -0.2) is 0 Å². The Morgan fingerprint density at radius 1 is 1.13 bits per heavy atom. The number of nitrogens with zero attached hydrogens (tertiary/aromatic N) is 4. The monoisotopic (exact) mass is 543 g/mol. The van der Waals surface area contributed by atoms with Gasteiger partial charge < -0.3 is 14.5 Å². The van der Waals surface area contributed by atoms with Crippen molar-refractivity contribution in [1.29, 1.82) is 5.26 Å². The lowest BCUT2D eigenvalue weighted by Gasteiger charge is -2.32. The Labute approximate surface area is 224 Å². The van der Waals surface area contributed by atoms with Crippen molar-refractivity contribution in [2.24, 2.45) is 0 Å². The molecule has 1 N–H and O–H groups in total. The summed E-state index contributed by atoms with van der Waals surface area (Å²) in [6.07, 6.45) is 4.83. The number of piperidine rings is 1. The number of aromatic amines is 1. The third-order valence-corrected chi connectivity index (χ3v) is 8.63. The van der Waals surface area contributed by atoms with Crippen molar-refractivity contribution in [2.45, 2.75) is 37.1 Å². The lowest BCUT2D eigenvalue weighted by Crippen LogP contribution is -2.32. The minimum absolute atomic E-state index is 0.103. The zero-order valence-electron chi connectivity index (χ0n) is 21.5. The Morgan fingerprint density at radius 2 is 1.90 bits per heavy atom. The molecule has 2 aromatic carbocycles. The molecule has 4 heterocycles. The summed E-state index contributed by atoms with van der Waals surface area (Å²) < 4.78 is 39.2. The van der Waals surface area contributed by atoms with Gasteiger partial charge in [-0.1, -0.05) is 13.0 Å². The van der Waals surface area contributed by atoms with Crippen molar-refractivity contribution < 1.29 is 12.3 Å². The number of nitriles is 1. The fraction of sp³-hybridized carbons (Fsp3) is 0.276. The summed E-state index contributed by atoms with van der Waals surface area (Å²) in [6.45, 7) is 3.76. The molecule has 1 aliphatic rings. The normalized spacial score (nSPS) is 15.3. The van der Waals surface area contributed by atoms with Crippen LogP contribution in [0.1, 0.15) is 36.9 Å². The third kappa shape index (κ3) is 4.18. The maximum Gasteiger partial charge on any atom is 0.333 e. The molecule has 198 valence electrons. The molecule has 0 atom stereocenters. The van der Waals surface area contributed by atoms with E-state index in [9.17, 15) is 22.4 Å². The molecule has 1 aliphatic heterocycles. The van der Waals surface area contributed by atoms with Crippen LogP contribution < -0.4 is 5.43 Å². The Hall–Kier alpha value is -4.07. The molecule has 0 amide bonds. The minimum atomic E-state index is -4.93. The summed E-state index contributed by atoms with van der Waals surface area (Å²) in [5, 5.41) is 11.3. The van der Waals surface area contributed by atoms with Gasteiger partial charge in [0.15, 0.2) is 5.43 Å². The van der Waals surface area contributed by atoms with Crippen LogP contribution >= 0.6 is 0 Å². The average Bonchev–Trinajstić information content (AvgIpc) is 3.31. The summed E-state index contributed by atoms with van der Waals surface area (Å²) in [7, 11) is -2.84. The highest BCUT2D eigenvalue weighted by Crippen LogP contribution is 2.36. The smallest absolute Gasteiger partial charge is 0.333 e. The Balaban J connectivity index is 1.73. The molecule has 0 radical (unpaired) electrons. The molecule has 6 rings (SSSR count). The number of hydrogen-bond acceptors (Lipinski definition) is 6. The summed E-state index contributed by atoms with van der Waals surface area (Å²) in [5.41, 5.74) is 4.52. The summed E-state index contributed by atoms with van der Waals surface area (Å²) in [6, 6.07) is 12.6. The zero-order chi connectivity index (χ0) is 27.5. The number of aromatic nitrogens is 3. The molecule has 0 bridgehead atoms. The van der Waals surface area contributed by atoms with Gasteiger partial charge >= 0.3 is 10.2 Å². The van der Waals surface area contributed by atoms with E-state index in [1.54, 1.807) is 12.1 Å². The first-order valence-corrected chi connectivity index (χ1v) is 14.2. The van der Waals surface area contributed by atoms with Crippen molar-refractivity contribution in [3.05, 3.63) is 70.1 Å². The van der Waals surface area contributed by atoms with Crippen LogP contribution in [0.2, 0.25) is 0 Å². The fourth-order valence-electron chi connectivity index (χ4n) is 5.83. The van der Waals surface area contributed by atoms with E-state index < -0.39 is 15.1 Å². The van der Waals surface area contributed by atoms with Crippen molar-refractivity contribution in [1.82, 2.24) is 19.4 Å². The van der Waals surface area contributed by atoms with Crippen LogP contribution in [0.5, 0.6) is 0 Å². The second kappa shape index (κ2) is 9.29. The van der Waals surface area contributed by atoms with Crippen molar-refractivity contribution >= 4 is 43.1 Å². The van der Waals surface area contributed by atoms with Gasteiger partial charge in [-0.3, -0.25) is 9.78 Å². The van der Waals surface area contributed by atoms with Gasteiger partial charge in [-0.15, -0.1) is 3.89 Å². The molecule has 1 fully saturated rings. The van der Waals surface area contributed by atoms with Gasteiger partial charge in [0.2, 0.25) is 0 Å². The van der Waals surface area contributed by atoms with E-state index in [1.165, 1.54) is 12.3 Å². The third-order valence-electron chi connectivity index (χ3n) is 7.84. The molecular formula is C29H26FN5O3S. The van der Waals surface area contributed by atoms with Gasteiger partial charge in [0.05, 0.1) is 22.5 Å². The molecular weight excluding hydrogens is 517 g/mol. The van der Waals surface area contributed by atoms with E-state index in [4.69, 9.17) is 0 Å². The maximum atomic E-state index is 14.1. The number of hydrogen-bond donors (Lipinski definition) is 1. The Kier molecular flexibility index (Phi) is 6.01. The van der Waals surface area contributed by atoms with Crippen LogP contribution in [0.3, 0.4) is 0 Å². The predicted octanol–water partition coefficient (Wildman–Crippen LogP) is 5.06. The van der Waals surface area contributed by atoms with E-state index >= 15 is 0 Å². The lowest BCUT2D eigenvalue weighted by atomic mass is 9.95. The number of H-pyrrole nitrogens is 1. The second-order valence-electron chi connectivity index (χ2n) is 10.2. The first-order chi connectivity index (χ1) is 18.7. The van der Waals surface area contributed by atoms with Crippen LogP contribution in [0.4, 0.5) is 3.89 Å². The molecule has 39 heavy (non-hydrogen) atoms. The topological polar surface area (TPSA) is 112 Å². The minimum Gasteiger partial charge on any atom is -0.340 e. The van der Waals surface area contributed by atoms with Crippen LogP contribution in [0.25, 0.3) is 44.0 Å². The Morgan fingerprint density at radius 3 is 2.59 bits per heavy atom. The highest BCUT2D eigenvalue weighted by atomic mass is 32.3. The molecule has 0 aliphatic carbocycles. The number of aryl methyl sites for hydroxylation is 1. The first kappa shape index (κ1) is 25.2. The molecule has 0 saturated carbocycles. The number of halogens is 1. The van der Waals surface area contributed by atoms with E-state index in [-0.39, 0.29) is 11.5 Å². The van der Waals surface area contributed by atoms with Gasteiger partial charge in [0.25, 0.3) is 0 Å². The van der Waals surface area contributed by atoms with Crippen LogP contribution in [-0.4, -0.2) is 48.0 Å². The largest absolute Gasteiger partial charge is 0.340 e. The molecule has 1 saturated heterocycles. The molecule has 0 spiro atoms. The number of rotatable bonds is 4. The van der Waals surface area contributed by atoms with E-state index in [0.29, 0.717) is 39.5 Å². The van der Waals surface area contributed by atoms with Crippen molar-refractivity contribution in [3.8, 4) is 17.2 Å². The highest BCUT2D eigenvalue weighted by Gasteiger charge is 2.25. The lowest BCUT2D eigenvalue weighted by molar-refractivity contribution is 0.226. The van der Waals surface area contributed by atoms with Crippen LogP contribution in [-0.2, 0) is 16.6 Å². The fourth-order valence-corrected chi connectivity index (χ4v) is 6.28. The van der Waals surface area contributed by atoms with Crippen molar-refractivity contribution in [3.63, 3.8) is 0 Å². The van der Waals surface area contributed by atoms with Gasteiger partial charge in [-0.05, 0) is 80.9 Å². The molecule has 5 aromatic rings. The molecule has 0 unspecified atom stereocenters. The SMILES string of the molecule is CCc1cc2c(=O)c3c4ccc(C#N)cc4[nH]c3n(C3CCN(C)CC3)c2cc1-c1cncc(S(=O)(=O)F)c1. The number of benzene rings is 2. The highest BCUT2D eigenvalue weighted by molar-refractivity contribution is 7.86. The van der Waals surface area contributed by atoms with E-state index in [2.05, 4.69) is 32.6 Å². The predicted molar refractivity (Wildman–Crippen MR) is 149 cm³/mol. The standard InChI is InChI=1S/C29H26FN5O3S/c1-3-18-12-24-26(13-23(18)19-11-21(16-32-15-19)39(30,37)38)35(20-6-8-34(2)9-7-20)29-27(28(24)36)22-5-4-17(14-31)10-25(22)33-29/h4-5,10-13,15-16,20,33H,3,6-9H2,1-2H3. The average molecular weight is 544 g/mol. The zero-order valence-corrected chi connectivity index (χ0v) is 22.3. The van der Waals surface area contributed by atoms with Gasteiger partial charge in [0, 0.05) is 40.3 Å². The number of nitrogens with one attached hydrogen (secondary N) is 1. The van der Waals surface area contributed by atoms with Crippen molar-refractivity contribution in [2.75, 3.05) is 20.1 Å². The quantitative estimate of drug-likeness (QED) is 0.317.